The minimum atomic E-state index is -3.81. The first-order valence-corrected chi connectivity index (χ1v) is 10.1. The van der Waals surface area contributed by atoms with Gasteiger partial charge in [0.2, 0.25) is 11.9 Å². The number of nitrogens with two attached hydrogens (primary N) is 4. The molecule has 0 spiro atoms. The highest BCUT2D eigenvalue weighted by molar-refractivity contribution is 7.92. The zero-order valence-electron chi connectivity index (χ0n) is 16.4. The minimum Gasteiger partial charge on any atom is -0.369 e. The summed E-state index contributed by atoms with van der Waals surface area (Å²) in [5.74, 6) is -0.415. The number of hydrogen-bond donors (Lipinski definition) is 5. The van der Waals surface area contributed by atoms with Crippen LogP contribution in [0.15, 0.2) is 73.8 Å². The topological polar surface area (TPSA) is 200 Å². The summed E-state index contributed by atoms with van der Waals surface area (Å²) < 4.78 is 28.0. The second-order valence-corrected chi connectivity index (χ2v) is 7.82. The summed E-state index contributed by atoms with van der Waals surface area (Å²) in [7, 11) is -3.81. The average molecular weight is 430 g/mol. The largest absolute Gasteiger partial charge is 0.369 e. The van der Waals surface area contributed by atoms with E-state index in [9.17, 15) is 8.42 Å². The van der Waals surface area contributed by atoms with Gasteiger partial charge in [-0.2, -0.15) is 10.2 Å². The van der Waals surface area contributed by atoms with Crippen molar-refractivity contribution in [2.24, 2.45) is 43.3 Å². The first-order chi connectivity index (χ1) is 14.1. The lowest BCUT2D eigenvalue weighted by Gasteiger charge is -2.12. The van der Waals surface area contributed by atoms with Gasteiger partial charge in [-0.25, -0.2) is 8.42 Å². The van der Waals surface area contributed by atoms with Crippen LogP contribution in [0.5, 0.6) is 0 Å². The van der Waals surface area contributed by atoms with Gasteiger partial charge in [0, 0.05) is 11.1 Å². The fourth-order valence-electron chi connectivity index (χ4n) is 2.30. The Morgan fingerprint density at radius 1 is 0.767 bits per heavy atom. The number of nitrogens with one attached hydrogen (secondary N) is 1. The standard InChI is InChI=1S/C18H23N9O2S/c1-11(23-25-17(19)20)13-8-14(12(2)24-26-18(21)22)10-15(9-13)27-30(28,29)16-6-4-3-5-7-16/h3-10,27H,1-2H3,(H4,19,20,25)(H4,21,22,26)/b23-11+,24-12+. The van der Waals surface area contributed by atoms with Crippen LogP contribution in [0.2, 0.25) is 0 Å². The molecule has 0 heterocycles. The molecule has 11 nitrogen and oxygen atoms in total. The lowest BCUT2D eigenvalue weighted by molar-refractivity contribution is 0.601. The van der Waals surface area contributed by atoms with E-state index in [-0.39, 0.29) is 22.5 Å². The third-order valence-electron chi connectivity index (χ3n) is 3.71. The molecule has 0 fully saturated rings. The Hall–Kier alpha value is -3.93. The summed E-state index contributed by atoms with van der Waals surface area (Å²) in [4.78, 5) is 0.119. The van der Waals surface area contributed by atoms with Gasteiger partial charge in [0.05, 0.1) is 22.0 Å². The number of sulfonamides is 1. The van der Waals surface area contributed by atoms with Crippen LogP contribution in [0.25, 0.3) is 0 Å². The van der Waals surface area contributed by atoms with Gasteiger partial charge in [-0.1, -0.05) is 18.2 Å². The fourth-order valence-corrected chi connectivity index (χ4v) is 3.36. The zero-order valence-corrected chi connectivity index (χ0v) is 17.3. The maximum atomic E-state index is 12.7. The van der Waals surface area contributed by atoms with Gasteiger partial charge in [0.1, 0.15) is 0 Å². The average Bonchev–Trinajstić information content (AvgIpc) is 2.70. The van der Waals surface area contributed by atoms with Crippen LogP contribution in [0.4, 0.5) is 5.69 Å². The third kappa shape index (κ3) is 6.31. The van der Waals surface area contributed by atoms with Crippen LogP contribution in [-0.2, 0) is 10.0 Å². The second-order valence-electron chi connectivity index (χ2n) is 6.14. The quantitative estimate of drug-likeness (QED) is 0.241. The van der Waals surface area contributed by atoms with Crippen molar-refractivity contribution in [2.45, 2.75) is 18.7 Å². The third-order valence-corrected chi connectivity index (χ3v) is 5.10. The van der Waals surface area contributed by atoms with Crippen molar-refractivity contribution in [1.82, 2.24) is 0 Å². The van der Waals surface area contributed by atoms with E-state index in [1.807, 2.05) is 0 Å². The van der Waals surface area contributed by atoms with Crippen LogP contribution in [-0.4, -0.2) is 31.8 Å². The Labute approximate surface area is 174 Å². The molecule has 2 aromatic carbocycles. The van der Waals surface area contributed by atoms with E-state index in [2.05, 4.69) is 25.1 Å². The molecule has 9 N–H and O–H groups in total. The number of hydrogen-bond acceptors (Lipinski definition) is 6. The molecule has 12 heteroatoms. The van der Waals surface area contributed by atoms with Crippen molar-refractivity contribution in [3.05, 3.63) is 59.7 Å². The van der Waals surface area contributed by atoms with Crippen LogP contribution >= 0.6 is 0 Å². The molecule has 0 aromatic heterocycles. The molecule has 0 saturated heterocycles. The number of anilines is 1. The van der Waals surface area contributed by atoms with Crippen molar-refractivity contribution in [3.63, 3.8) is 0 Å². The van der Waals surface area contributed by atoms with Gasteiger partial charge < -0.3 is 22.9 Å². The molecule has 0 aliphatic carbocycles. The maximum absolute atomic E-state index is 12.7. The van der Waals surface area contributed by atoms with E-state index >= 15 is 0 Å². The molecule has 0 atom stereocenters. The van der Waals surface area contributed by atoms with E-state index in [1.54, 1.807) is 50.2 Å². The van der Waals surface area contributed by atoms with Gasteiger partial charge in [-0.05, 0) is 44.2 Å². The molecule has 2 rings (SSSR count). The fraction of sp³-hybridized carbons (Fsp3) is 0.111. The predicted molar refractivity (Wildman–Crippen MR) is 120 cm³/mol. The number of nitrogens with zero attached hydrogens (tertiary/aromatic N) is 4. The zero-order chi connectivity index (χ0) is 22.3. The molecule has 0 radical (unpaired) electrons. The van der Waals surface area contributed by atoms with Crippen LogP contribution in [0.3, 0.4) is 0 Å². The molecular weight excluding hydrogens is 406 g/mol. The van der Waals surface area contributed by atoms with Crippen LogP contribution < -0.4 is 27.7 Å². The van der Waals surface area contributed by atoms with Crippen molar-refractivity contribution in [2.75, 3.05) is 4.72 Å². The van der Waals surface area contributed by atoms with E-state index in [0.29, 0.717) is 22.6 Å². The van der Waals surface area contributed by atoms with E-state index in [4.69, 9.17) is 22.9 Å². The van der Waals surface area contributed by atoms with Crippen molar-refractivity contribution in [3.8, 4) is 0 Å². The monoisotopic (exact) mass is 429 g/mol. The highest BCUT2D eigenvalue weighted by atomic mass is 32.2. The molecule has 0 bridgehead atoms. The van der Waals surface area contributed by atoms with Gasteiger partial charge in [0.25, 0.3) is 10.0 Å². The van der Waals surface area contributed by atoms with Crippen LogP contribution in [0, 0.1) is 0 Å². The normalized spacial score (nSPS) is 12.2. The first-order valence-electron chi connectivity index (χ1n) is 8.58. The van der Waals surface area contributed by atoms with E-state index in [1.165, 1.54) is 12.1 Å². The first kappa shape index (κ1) is 22.4. The summed E-state index contributed by atoms with van der Waals surface area (Å²) in [6, 6.07) is 12.9. The highest BCUT2D eigenvalue weighted by Crippen LogP contribution is 2.21. The molecule has 0 aliphatic heterocycles. The predicted octanol–water partition coefficient (Wildman–Crippen LogP) is 0.482. The SMILES string of the molecule is C/C(=N\N=C(N)N)c1cc(NS(=O)(=O)c2ccccc2)cc(/C(C)=N/N=C(N)N)c1. The van der Waals surface area contributed by atoms with Gasteiger partial charge in [-0.15, -0.1) is 10.2 Å². The maximum Gasteiger partial charge on any atom is 0.261 e. The lowest BCUT2D eigenvalue weighted by atomic mass is 10.0. The smallest absolute Gasteiger partial charge is 0.261 e. The molecule has 0 amide bonds. The minimum absolute atomic E-state index is 0.119. The molecule has 30 heavy (non-hydrogen) atoms. The second kappa shape index (κ2) is 9.52. The van der Waals surface area contributed by atoms with Crippen LogP contribution in [0.1, 0.15) is 25.0 Å². The molecule has 0 saturated carbocycles. The Kier molecular flexibility index (Phi) is 7.09. The number of guanidine groups is 2. The van der Waals surface area contributed by atoms with E-state index in [0.717, 1.165) is 0 Å². The van der Waals surface area contributed by atoms with Crippen molar-refractivity contribution in [1.29, 1.82) is 0 Å². The van der Waals surface area contributed by atoms with Gasteiger partial charge in [0.15, 0.2) is 0 Å². The number of benzene rings is 2. The molecular formula is C18H23N9O2S. The summed E-state index contributed by atoms with van der Waals surface area (Å²) >= 11 is 0. The summed E-state index contributed by atoms with van der Waals surface area (Å²) in [5, 5.41) is 15.1. The number of rotatable bonds is 7. The molecule has 0 unspecified atom stereocenters. The molecule has 2 aromatic rings. The Bertz CT molecular complexity index is 1080. The van der Waals surface area contributed by atoms with Gasteiger partial charge in [-0.3, -0.25) is 4.72 Å². The molecule has 0 aliphatic rings. The Morgan fingerprint density at radius 2 is 1.23 bits per heavy atom. The summed E-state index contributed by atoms with van der Waals surface area (Å²) in [6.07, 6.45) is 0. The highest BCUT2D eigenvalue weighted by Gasteiger charge is 2.15. The van der Waals surface area contributed by atoms with Gasteiger partial charge >= 0.3 is 0 Å². The molecule has 158 valence electrons. The van der Waals surface area contributed by atoms with Crippen molar-refractivity contribution < 1.29 is 8.42 Å². The Morgan fingerprint density at radius 3 is 1.67 bits per heavy atom. The summed E-state index contributed by atoms with van der Waals surface area (Å²) in [5.41, 5.74) is 23.5. The Balaban J connectivity index is 2.56. The lowest BCUT2D eigenvalue weighted by Crippen LogP contribution is -2.22. The van der Waals surface area contributed by atoms with Crippen molar-refractivity contribution >= 4 is 39.1 Å². The van der Waals surface area contributed by atoms with E-state index < -0.39 is 10.0 Å². The summed E-state index contributed by atoms with van der Waals surface area (Å²) in [6.45, 7) is 3.34.